The standard InChI is InChI=1S/C10H20N2O3/c1-4-6(2)8(10(14)15)12-9(13)7(3)5-11/h6-8H,4-5,11H2,1-3H3,(H,12,13)(H,14,15). The minimum absolute atomic E-state index is 0.0866. The van der Waals surface area contributed by atoms with E-state index in [-0.39, 0.29) is 24.3 Å². The molecule has 0 saturated carbocycles. The van der Waals surface area contributed by atoms with E-state index in [9.17, 15) is 9.59 Å². The number of rotatable bonds is 6. The molecule has 0 aromatic heterocycles. The van der Waals surface area contributed by atoms with Crippen LogP contribution in [0.4, 0.5) is 0 Å². The summed E-state index contributed by atoms with van der Waals surface area (Å²) in [5.41, 5.74) is 5.33. The number of nitrogens with two attached hydrogens (primary N) is 1. The molecule has 3 atom stereocenters. The van der Waals surface area contributed by atoms with Crippen LogP contribution in [0.15, 0.2) is 0 Å². The van der Waals surface area contributed by atoms with E-state index in [0.717, 1.165) is 0 Å². The van der Waals surface area contributed by atoms with Crippen molar-refractivity contribution >= 4 is 11.9 Å². The largest absolute Gasteiger partial charge is 0.480 e. The minimum atomic E-state index is -0.998. The lowest BCUT2D eigenvalue weighted by atomic mass is 9.98. The number of carboxylic acid groups (broad SMARTS) is 1. The molecule has 0 heterocycles. The Hall–Kier alpha value is -1.10. The van der Waals surface area contributed by atoms with Crippen LogP contribution in [0.25, 0.3) is 0 Å². The van der Waals surface area contributed by atoms with Crippen molar-refractivity contribution in [3.63, 3.8) is 0 Å². The molecule has 0 aliphatic rings. The van der Waals surface area contributed by atoms with Crippen molar-refractivity contribution in [3.8, 4) is 0 Å². The third-order valence-electron chi connectivity index (χ3n) is 2.58. The molecule has 15 heavy (non-hydrogen) atoms. The van der Waals surface area contributed by atoms with Crippen molar-refractivity contribution in [2.75, 3.05) is 6.54 Å². The summed E-state index contributed by atoms with van der Waals surface area (Å²) in [7, 11) is 0. The van der Waals surface area contributed by atoms with Crippen LogP contribution < -0.4 is 11.1 Å². The lowest BCUT2D eigenvalue weighted by molar-refractivity contribution is -0.143. The molecule has 0 bridgehead atoms. The van der Waals surface area contributed by atoms with Gasteiger partial charge in [-0.15, -0.1) is 0 Å². The monoisotopic (exact) mass is 216 g/mol. The van der Waals surface area contributed by atoms with E-state index in [2.05, 4.69) is 5.32 Å². The fourth-order valence-corrected chi connectivity index (χ4v) is 1.09. The Morgan fingerprint density at radius 3 is 2.27 bits per heavy atom. The van der Waals surface area contributed by atoms with Crippen molar-refractivity contribution in [1.29, 1.82) is 0 Å². The van der Waals surface area contributed by atoms with Gasteiger partial charge in [-0.25, -0.2) is 4.79 Å². The van der Waals surface area contributed by atoms with E-state index < -0.39 is 12.0 Å². The number of hydrogen-bond acceptors (Lipinski definition) is 3. The molecule has 0 aromatic rings. The van der Waals surface area contributed by atoms with Gasteiger partial charge in [-0.3, -0.25) is 4.79 Å². The molecule has 0 fully saturated rings. The molecule has 1 amide bonds. The Balaban J connectivity index is 4.42. The van der Waals surface area contributed by atoms with Crippen LogP contribution in [-0.2, 0) is 9.59 Å². The van der Waals surface area contributed by atoms with Gasteiger partial charge in [-0.1, -0.05) is 27.2 Å². The smallest absolute Gasteiger partial charge is 0.326 e. The lowest BCUT2D eigenvalue weighted by Crippen LogP contribution is -2.47. The molecular weight excluding hydrogens is 196 g/mol. The molecule has 5 nitrogen and oxygen atoms in total. The van der Waals surface area contributed by atoms with E-state index >= 15 is 0 Å². The number of carbonyl (C=O) groups excluding carboxylic acids is 1. The molecule has 0 aliphatic heterocycles. The molecule has 0 saturated heterocycles. The maximum atomic E-state index is 11.5. The molecule has 0 rings (SSSR count). The Morgan fingerprint density at radius 2 is 1.93 bits per heavy atom. The fraction of sp³-hybridized carbons (Fsp3) is 0.800. The number of aliphatic carboxylic acids is 1. The van der Waals surface area contributed by atoms with Gasteiger partial charge < -0.3 is 16.2 Å². The summed E-state index contributed by atoms with van der Waals surface area (Å²) < 4.78 is 0. The van der Waals surface area contributed by atoms with Gasteiger partial charge in [0.25, 0.3) is 0 Å². The molecular formula is C10H20N2O3. The SMILES string of the molecule is CCC(C)C(NC(=O)C(C)CN)C(=O)O. The molecule has 0 radical (unpaired) electrons. The average Bonchev–Trinajstić information content (AvgIpc) is 2.22. The van der Waals surface area contributed by atoms with Crippen molar-refractivity contribution in [3.05, 3.63) is 0 Å². The van der Waals surface area contributed by atoms with Gasteiger partial charge in [0, 0.05) is 12.5 Å². The summed E-state index contributed by atoms with van der Waals surface area (Å²) in [6.07, 6.45) is 0.703. The maximum absolute atomic E-state index is 11.5. The fourth-order valence-electron chi connectivity index (χ4n) is 1.09. The Kier molecular flexibility index (Phi) is 5.93. The van der Waals surface area contributed by atoms with Gasteiger partial charge in [-0.2, -0.15) is 0 Å². The van der Waals surface area contributed by atoms with Crippen LogP contribution in [-0.4, -0.2) is 29.6 Å². The molecule has 0 aromatic carbocycles. The van der Waals surface area contributed by atoms with E-state index in [1.54, 1.807) is 13.8 Å². The number of carbonyl (C=O) groups is 2. The molecule has 88 valence electrons. The average molecular weight is 216 g/mol. The maximum Gasteiger partial charge on any atom is 0.326 e. The first-order valence-corrected chi connectivity index (χ1v) is 5.17. The van der Waals surface area contributed by atoms with Gasteiger partial charge in [0.2, 0.25) is 5.91 Å². The number of nitrogens with one attached hydrogen (secondary N) is 1. The van der Waals surface area contributed by atoms with Gasteiger partial charge >= 0.3 is 5.97 Å². The molecule has 4 N–H and O–H groups in total. The zero-order chi connectivity index (χ0) is 12.0. The zero-order valence-electron chi connectivity index (χ0n) is 9.49. The highest BCUT2D eigenvalue weighted by Gasteiger charge is 2.26. The van der Waals surface area contributed by atoms with E-state index in [4.69, 9.17) is 10.8 Å². The number of amides is 1. The Morgan fingerprint density at radius 1 is 1.40 bits per heavy atom. The quantitative estimate of drug-likeness (QED) is 0.591. The van der Waals surface area contributed by atoms with Gasteiger partial charge in [0.05, 0.1) is 0 Å². The molecule has 5 heteroatoms. The summed E-state index contributed by atoms with van der Waals surface area (Å²) in [6, 6.07) is -0.823. The lowest BCUT2D eigenvalue weighted by Gasteiger charge is -2.21. The summed E-state index contributed by atoms with van der Waals surface area (Å²) in [4.78, 5) is 22.4. The van der Waals surface area contributed by atoms with E-state index in [1.807, 2.05) is 6.92 Å². The number of carboxylic acids is 1. The third-order valence-corrected chi connectivity index (χ3v) is 2.58. The van der Waals surface area contributed by atoms with Crippen LogP contribution in [0.5, 0.6) is 0 Å². The minimum Gasteiger partial charge on any atom is -0.480 e. The Bertz CT molecular complexity index is 231. The third kappa shape index (κ3) is 4.29. The zero-order valence-corrected chi connectivity index (χ0v) is 9.49. The Labute approximate surface area is 90.0 Å². The van der Waals surface area contributed by atoms with E-state index in [0.29, 0.717) is 6.42 Å². The predicted molar refractivity (Wildman–Crippen MR) is 57.2 cm³/mol. The summed E-state index contributed by atoms with van der Waals surface area (Å²) in [6.45, 7) is 5.58. The topological polar surface area (TPSA) is 92.4 Å². The summed E-state index contributed by atoms with van der Waals surface area (Å²) >= 11 is 0. The molecule has 0 spiro atoms. The first kappa shape index (κ1) is 13.9. The van der Waals surface area contributed by atoms with E-state index in [1.165, 1.54) is 0 Å². The van der Waals surface area contributed by atoms with Crippen molar-refractivity contribution in [2.45, 2.75) is 33.2 Å². The van der Waals surface area contributed by atoms with Crippen molar-refractivity contribution in [1.82, 2.24) is 5.32 Å². The van der Waals surface area contributed by atoms with Crippen molar-refractivity contribution in [2.24, 2.45) is 17.6 Å². The van der Waals surface area contributed by atoms with Crippen LogP contribution in [0.2, 0.25) is 0 Å². The second kappa shape index (κ2) is 6.40. The number of hydrogen-bond donors (Lipinski definition) is 3. The normalized spacial score (nSPS) is 16.5. The van der Waals surface area contributed by atoms with Gasteiger partial charge in [0.1, 0.15) is 6.04 Å². The second-order valence-corrected chi connectivity index (χ2v) is 3.85. The van der Waals surface area contributed by atoms with Crippen LogP contribution >= 0.6 is 0 Å². The van der Waals surface area contributed by atoms with Gasteiger partial charge in [-0.05, 0) is 5.92 Å². The predicted octanol–water partition coefficient (Wildman–Crippen LogP) is 0.197. The van der Waals surface area contributed by atoms with Gasteiger partial charge in [0.15, 0.2) is 0 Å². The van der Waals surface area contributed by atoms with Crippen LogP contribution in [0.3, 0.4) is 0 Å². The first-order chi connectivity index (χ1) is 6.93. The van der Waals surface area contributed by atoms with Crippen molar-refractivity contribution < 1.29 is 14.7 Å². The highest BCUT2D eigenvalue weighted by atomic mass is 16.4. The summed E-state index contributed by atoms with van der Waals surface area (Å²) in [5.74, 6) is -1.74. The van der Waals surface area contributed by atoms with Crippen LogP contribution in [0.1, 0.15) is 27.2 Å². The molecule has 3 unspecified atom stereocenters. The highest BCUT2D eigenvalue weighted by molar-refractivity contribution is 5.85. The highest BCUT2D eigenvalue weighted by Crippen LogP contribution is 2.08. The second-order valence-electron chi connectivity index (χ2n) is 3.85. The van der Waals surface area contributed by atoms with Crippen LogP contribution in [0, 0.1) is 11.8 Å². The summed E-state index contributed by atoms with van der Waals surface area (Å²) in [5, 5.41) is 11.4. The first-order valence-electron chi connectivity index (χ1n) is 5.17. The molecule has 0 aliphatic carbocycles.